The number of rotatable bonds is 3. The highest BCUT2D eigenvalue weighted by atomic mass is 14.4. The number of hydrogen-bond donors (Lipinski definition) is 0. The molecular weight excluding hydrogens is 1150 g/mol. The van der Waals surface area contributed by atoms with Crippen molar-refractivity contribution in [1.29, 1.82) is 0 Å². The minimum absolute atomic E-state index is 0.653. The molecule has 0 aromatic heterocycles. The molecule has 12 unspecified atom stereocenters. The molecule has 0 aromatic carbocycles. The second-order valence-corrected chi connectivity index (χ2v) is 42.9. The molecule has 15 atom stereocenters. The zero-order valence-corrected chi connectivity index (χ0v) is 73.9. The van der Waals surface area contributed by atoms with Gasteiger partial charge in [0.15, 0.2) is 0 Å². The van der Waals surface area contributed by atoms with Crippen molar-refractivity contribution in [2.75, 3.05) is 0 Å². The third-order valence-corrected chi connectivity index (χ3v) is 31.7. The summed E-state index contributed by atoms with van der Waals surface area (Å²) in [7, 11) is 0. The molecular formula is C96H192. The molecule has 0 N–H and O–H groups in total. The predicted octanol–water partition coefficient (Wildman–Crippen LogP) is 33.1. The van der Waals surface area contributed by atoms with Crippen LogP contribution in [0.4, 0.5) is 0 Å². The van der Waals surface area contributed by atoms with Crippen molar-refractivity contribution in [2.45, 2.75) is 441 Å². The molecule has 12 aliphatic carbocycles. The number of hydrogen-bond acceptors (Lipinski definition) is 0. The lowest BCUT2D eigenvalue weighted by Gasteiger charge is -2.45. The first-order chi connectivity index (χ1) is 44.2. The standard InChI is InChI=1S/12C8H16/c2*1-6-4-7(2)8(3)5-6;1-6(2)8-4-7(3)5-8;2*1-7-4-5-8(2,3)6-7;2*1-7-5-4-6-8(7,2)3;2*1-6-4-5-7(2)8(6)3;1-5-6(2)8(4)7(5)3;1-3-8(2)6-4-5-7-8;1-3-8-6-4-5-7(8)2/h3*6-8H,4-5H2,1-3H3;4*7H,4-6H2,1-3H3;2*6-8H,4-5H2,1-3H3;5-8H,1-4H3;3-7H2,1-2H3;7-8H,3-6H2,1-2H3/t6?,7-,8?;;;7-;;7-;;;;;;/m0..0.0....../s1. The lowest BCUT2D eigenvalue weighted by atomic mass is 9.60. The van der Waals surface area contributed by atoms with Crippen LogP contribution < -0.4 is 0 Å². The second kappa shape index (κ2) is 45.4. The van der Waals surface area contributed by atoms with Gasteiger partial charge in [0.05, 0.1) is 0 Å². The van der Waals surface area contributed by atoms with Crippen LogP contribution in [0, 0.1) is 175 Å². The lowest BCUT2D eigenvalue weighted by Crippen LogP contribution is -2.39. The quantitative estimate of drug-likeness (QED) is 0.264. The fourth-order valence-corrected chi connectivity index (χ4v) is 20.1. The third-order valence-electron chi connectivity index (χ3n) is 31.7. The Labute approximate surface area is 612 Å². The molecule has 96 heavy (non-hydrogen) atoms. The Kier molecular flexibility index (Phi) is 44.4. The summed E-state index contributed by atoms with van der Waals surface area (Å²) in [4.78, 5) is 0. The van der Waals surface area contributed by atoms with E-state index in [1.54, 1.807) is 0 Å². The summed E-state index contributed by atoms with van der Waals surface area (Å²) < 4.78 is 0. The van der Waals surface area contributed by atoms with Gasteiger partial charge in [-0.3, -0.25) is 0 Å². The normalized spacial score (nSPS) is 40.9. The summed E-state index contributed by atoms with van der Waals surface area (Å²) in [5.41, 5.74) is 3.37. The van der Waals surface area contributed by atoms with E-state index in [9.17, 15) is 0 Å². The van der Waals surface area contributed by atoms with Gasteiger partial charge in [0.25, 0.3) is 0 Å². The van der Waals surface area contributed by atoms with Crippen molar-refractivity contribution in [3.05, 3.63) is 0 Å². The van der Waals surface area contributed by atoms with Gasteiger partial charge in [-0.25, -0.2) is 0 Å². The van der Waals surface area contributed by atoms with Gasteiger partial charge in [0.1, 0.15) is 0 Å². The van der Waals surface area contributed by atoms with Crippen LogP contribution in [0.1, 0.15) is 441 Å². The lowest BCUT2D eigenvalue weighted by molar-refractivity contribution is 0.0302. The SMILES string of the molecule is CC1C(C)C(C)C1C.CC1CC(C(C)C)C1.CC1CC(C)C(C)C1.CC1CC(C)[C@@H](C)C1.CC1CCC(C)(C)C1.CC1CCC(C)C1C.CC1CCC(C)C1C.CC1CCCC1(C)C.CCC1(C)CCCC1.CCC1CCCC1C.C[C@H]1CCC(C)(C)C1.C[C@H]1CCCC1(C)C. The largest absolute Gasteiger partial charge is 0.0651 e. The fourth-order valence-electron chi connectivity index (χ4n) is 20.1. The van der Waals surface area contributed by atoms with Crippen LogP contribution in [-0.2, 0) is 0 Å². The molecule has 12 saturated carbocycles. The molecule has 12 rings (SSSR count). The maximum Gasteiger partial charge on any atom is -0.0328 e. The van der Waals surface area contributed by atoms with Gasteiger partial charge < -0.3 is 0 Å². The summed E-state index contributed by atoms with van der Waals surface area (Å²) in [5, 5.41) is 0. The van der Waals surface area contributed by atoms with Crippen LogP contribution in [0.3, 0.4) is 0 Å². The zero-order chi connectivity index (χ0) is 73.9. The van der Waals surface area contributed by atoms with Crippen LogP contribution in [-0.4, -0.2) is 0 Å². The Morgan fingerprint density at radius 1 is 0.281 bits per heavy atom. The van der Waals surface area contributed by atoms with Crippen molar-refractivity contribution >= 4 is 0 Å². The second-order valence-electron chi connectivity index (χ2n) is 42.9. The van der Waals surface area contributed by atoms with E-state index in [0.717, 1.165) is 153 Å². The molecule has 0 heteroatoms. The van der Waals surface area contributed by atoms with Crippen LogP contribution in [0.15, 0.2) is 0 Å². The molecule has 0 radical (unpaired) electrons. The summed E-state index contributed by atoms with van der Waals surface area (Å²) in [5.74, 6) is 24.8. The Morgan fingerprint density at radius 2 is 0.594 bits per heavy atom. The van der Waals surface area contributed by atoms with E-state index in [4.69, 9.17) is 0 Å². The summed E-state index contributed by atoms with van der Waals surface area (Å²) in [6.45, 7) is 82.7. The smallest absolute Gasteiger partial charge is 0.0328 e. The van der Waals surface area contributed by atoms with Crippen molar-refractivity contribution in [1.82, 2.24) is 0 Å². The van der Waals surface area contributed by atoms with Crippen molar-refractivity contribution in [2.24, 2.45) is 175 Å². The van der Waals surface area contributed by atoms with Gasteiger partial charge >= 0.3 is 0 Å². The molecule has 0 saturated heterocycles. The fraction of sp³-hybridized carbons (Fsp3) is 1.00. The highest BCUT2D eigenvalue weighted by Crippen LogP contribution is 2.47. The summed E-state index contributed by atoms with van der Waals surface area (Å²) in [6, 6.07) is 0. The van der Waals surface area contributed by atoms with Gasteiger partial charge in [-0.15, -0.1) is 0 Å². The van der Waals surface area contributed by atoms with E-state index >= 15 is 0 Å². The Morgan fingerprint density at radius 3 is 0.698 bits per heavy atom. The highest BCUT2D eigenvalue weighted by molar-refractivity contribution is 4.88. The molecule has 0 amide bonds. The molecule has 0 nitrogen and oxygen atoms in total. The highest BCUT2D eigenvalue weighted by Gasteiger charge is 2.39. The Hall–Kier alpha value is 0. The van der Waals surface area contributed by atoms with Gasteiger partial charge in [-0.1, -0.05) is 351 Å². The molecule has 0 aliphatic heterocycles. The van der Waals surface area contributed by atoms with E-state index in [1.165, 1.54) is 199 Å². The molecule has 0 aromatic rings. The van der Waals surface area contributed by atoms with E-state index in [-0.39, 0.29) is 0 Å². The predicted molar refractivity (Wildman–Crippen MR) is 441 cm³/mol. The molecule has 0 heterocycles. The first kappa shape index (κ1) is 94.0. The minimum Gasteiger partial charge on any atom is -0.0651 e. The topological polar surface area (TPSA) is 0 Å². The summed E-state index contributed by atoms with van der Waals surface area (Å²) >= 11 is 0. The van der Waals surface area contributed by atoms with Crippen LogP contribution in [0.2, 0.25) is 0 Å². The van der Waals surface area contributed by atoms with Crippen molar-refractivity contribution < 1.29 is 0 Å². The van der Waals surface area contributed by atoms with Crippen LogP contribution in [0.5, 0.6) is 0 Å². The maximum atomic E-state index is 2.42. The monoisotopic (exact) mass is 1350 g/mol. The first-order valence-electron chi connectivity index (χ1n) is 44.2. The minimum atomic E-state index is 0.653. The van der Waals surface area contributed by atoms with E-state index < -0.39 is 0 Å². The van der Waals surface area contributed by atoms with Crippen molar-refractivity contribution in [3.63, 3.8) is 0 Å². The Bertz CT molecular complexity index is 1710. The van der Waals surface area contributed by atoms with E-state index in [0.29, 0.717) is 21.7 Å². The molecule has 576 valence electrons. The molecule has 12 aliphatic rings. The van der Waals surface area contributed by atoms with E-state index in [1.807, 2.05) is 0 Å². The molecule has 0 bridgehead atoms. The molecule has 12 fully saturated rings. The maximum absolute atomic E-state index is 2.42. The van der Waals surface area contributed by atoms with Gasteiger partial charge in [-0.05, 0) is 265 Å². The molecule has 0 spiro atoms. The Balaban J connectivity index is 0.000000524. The average molecular weight is 1350 g/mol. The summed E-state index contributed by atoms with van der Waals surface area (Å²) in [6.07, 6.45) is 45.1. The van der Waals surface area contributed by atoms with Crippen LogP contribution in [0.25, 0.3) is 0 Å². The van der Waals surface area contributed by atoms with Gasteiger partial charge in [-0.2, -0.15) is 0 Å². The third kappa shape index (κ3) is 36.1. The van der Waals surface area contributed by atoms with E-state index in [2.05, 4.69) is 242 Å². The van der Waals surface area contributed by atoms with Gasteiger partial charge in [0.2, 0.25) is 0 Å². The van der Waals surface area contributed by atoms with Crippen LogP contribution >= 0.6 is 0 Å². The zero-order valence-electron chi connectivity index (χ0n) is 73.9. The van der Waals surface area contributed by atoms with Crippen molar-refractivity contribution in [3.8, 4) is 0 Å². The first-order valence-corrected chi connectivity index (χ1v) is 44.2. The van der Waals surface area contributed by atoms with Gasteiger partial charge in [0, 0.05) is 0 Å². The average Bonchev–Trinajstić information content (AvgIpc) is 1.55.